The number of thioether (sulfide) groups is 1. The van der Waals surface area contributed by atoms with Gasteiger partial charge in [-0.15, -0.1) is 16.9 Å². The molecule has 178 valence electrons. The number of rotatable bonds is 9. The lowest BCUT2D eigenvalue weighted by Crippen LogP contribution is -2.51. The first-order chi connectivity index (χ1) is 16.7. The van der Waals surface area contributed by atoms with E-state index in [4.69, 9.17) is 0 Å². The van der Waals surface area contributed by atoms with Gasteiger partial charge in [-0.1, -0.05) is 37.3 Å². The summed E-state index contributed by atoms with van der Waals surface area (Å²) in [4.78, 5) is 30.2. The van der Waals surface area contributed by atoms with Crippen molar-refractivity contribution in [1.29, 1.82) is 0 Å². The molecule has 1 N–H and O–H groups in total. The van der Waals surface area contributed by atoms with Crippen molar-refractivity contribution in [1.82, 2.24) is 35.3 Å². The topological polar surface area (TPSA) is 96.2 Å². The molecule has 0 saturated carbocycles. The van der Waals surface area contributed by atoms with Crippen LogP contribution in [0, 0.1) is 0 Å². The van der Waals surface area contributed by atoms with Crippen LogP contribution in [0.1, 0.15) is 29.5 Å². The maximum Gasteiger partial charge on any atom is 0.255 e. The van der Waals surface area contributed by atoms with Crippen LogP contribution in [0.25, 0.3) is 5.69 Å². The molecule has 2 aromatic carbocycles. The molecule has 1 fully saturated rings. The standard InChI is InChI=1S/C24H29N7O2S/c1-2-12-25-23(32)17-29-13-15-30(16-14-29)24(33)20-10-6-7-11-21(20)34-18-22-26-27-28-31(22)19-8-4-3-5-9-19/h3-11H,2,12-18H2,1H3,(H,25,32). The lowest BCUT2D eigenvalue weighted by atomic mass is 10.2. The van der Waals surface area contributed by atoms with Gasteiger partial charge in [0.1, 0.15) is 0 Å². The third kappa shape index (κ3) is 6.00. The quantitative estimate of drug-likeness (QED) is 0.470. The molecule has 0 unspecified atom stereocenters. The highest BCUT2D eigenvalue weighted by Gasteiger charge is 2.25. The van der Waals surface area contributed by atoms with Gasteiger partial charge in [-0.25, -0.2) is 0 Å². The number of aromatic nitrogens is 4. The summed E-state index contributed by atoms with van der Waals surface area (Å²) in [5, 5.41) is 15.0. The van der Waals surface area contributed by atoms with E-state index in [0.29, 0.717) is 56.4 Å². The number of hydrogen-bond donors (Lipinski definition) is 1. The molecule has 0 spiro atoms. The molecule has 1 aliphatic heterocycles. The van der Waals surface area contributed by atoms with Crippen molar-refractivity contribution in [3.8, 4) is 5.69 Å². The average Bonchev–Trinajstić information content (AvgIpc) is 3.36. The van der Waals surface area contributed by atoms with Gasteiger partial charge < -0.3 is 10.2 Å². The van der Waals surface area contributed by atoms with Crippen molar-refractivity contribution in [2.24, 2.45) is 0 Å². The summed E-state index contributed by atoms with van der Waals surface area (Å²) in [5.74, 6) is 1.31. The molecule has 0 aliphatic carbocycles. The molecule has 2 amide bonds. The Hall–Kier alpha value is -3.24. The molecule has 2 heterocycles. The first-order valence-corrected chi connectivity index (χ1v) is 12.5. The van der Waals surface area contributed by atoms with Crippen LogP contribution in [0.4, 0.5) is 0 Å². The Morgan fingerprint density at radius 2 is 1.74 bits per heavy atom. The number of hydrogen-bond acceptors (Lipinski definition) is 7. The fraction of sp³-hybridized carbons (Fsp3) is 0.375. The van der Waals surface area contributed by atoms with Crippen molar-refractivity contribution in [2.45, 2.75) is 24.0 Å². The van der Waals surface area contributed by atoms with Gasteiger partial charge in [-0.05, 0) is 41.1 Å². The molecule has 0 radical (unpaired) electrons. The van der Waals surface area contributed by atoms with E-state index in [-0.39, 0.29) is 11.8 Å². The van der Waals surface area contributed by atoms with Gasteiger partial charge in [-0.3, -0.25) is 14.5 Å². The number of tetrazole rings is 1. The number of amides is 2. The molecule has 1 saturated heterocycles. The van der Waals surface area contributed by atoms with E-state index in [0.717, 1.165) is 17.0 Å². The number of benzene rings is 2. The average molecular weight is 480 g/mol. The highest BCUT2D eigenvalue weighted by atomic mass is 32.2. The predicted octanol–water partition coefficient (Wildman–Crippen LogP) is 2.24. The van der Waals surface area contributed by atoms with Crippen LogP contribution in [-0.4, -0.2) is 81.1 Å². The van der Waals surface area contributed by atoms with Crippen molar-refractivity contribution in [3.05, 3.63) is 66.0 Å². The molecule has 0 bridgehead atoms. The third-order valence-electron chi connectivity index (χ3n) is 5.61. The van der Waals surface area contributed by atoms with Gasteiger partial charge in [0.15, 0.2) is 5.82 Å². The fourth-order valence-corrected chi connectivity index (χ4v) is 4.73. The Balaban J connectivity index is 1.37. The normalized spacial score (nSPS) is 14.2. The minimum Gasteiger partial charge on any atom is -0.355 e. The number of carbonyl (C=O) groups is 2. The zero-order valence-corrected chi connectivity index (χ0v) is 20.1. The highest BCUT2D eigenvalue weighted by molar-refractivity contribution is 7.98. The lowest BCUT2D eigenvalue weighted by molar-refractivity contribution is -0.122. The third-order valence-corrected chi connectivity index (χ3v) is 6.68. The monoisotopic (exact) mass is 479 g/mol. The number of para-hydroxylation sites is 1. The molecule has 3 aromatic rings. The van der Waals surface area contributed by atoms with Crippen molar-refractivity contribution in [2.75, 3.05) is 39.3 Å². The first kappa shape index (κ1) is 23.9. The molecule has 1 aromatic heterocycles. The smallest absolute Gasteiger partial charge is 0.255 e. The molecule has 0 atom stereocenters. The van der Waals surface area contributed by atoms with Gasteiger partial charge in [-0.2, -0.15) is 4.68 Å². The predicted molar refractivity (Wildman–Crippen MR) is 131 cm³/mol. The number of nitrogens with one attached hydrogen (secondary N) is 1. The largest absolute Gasteiger partial charge is 0.355 e. The minimum atomic E-state index is 0.0147. The molecule has 34 heavy (non-hydrogen) atoms. The second-order valence-electron chi connectivity index (χ2n) is 8.05. The fourth-order valence-electron chi connectivity index (χ4n) is 3.78. The summed E-state index contributed by atoms with van der Waals surface area (Å²) in [7, 11) is 0. The Bertz CT molecular complexity index is 1100. The number of piperazine rings is 1. The summed E-state index contributed by atoms with van der Waals surface area (Å²) in [6.45, 7) is 5.69. The Morgan fingerprint density at radius 1 is 1.00 bits per heavy atom. The van der Waals surface area contributed by atoms with Crippen LogP contribution in [-0.2, 0) is 10.5 Å². The second kappa shape index (κ2) is 11.8. The Labute approximate surface area is 203 Å². The Kier molecular flexibility index (Phi) is 8.26. The van der Waals surface area contributed by atoms with Crippen molar-refractivity contribution < 1.29 is 9.59 Å². The van der Waals surface area contributed by atoms with Crippen LogP contribution in [0.2, 0.25) is 0 Å². The van der Waals surface area contributed by atoms with Gasteiger partial charge >= 0.3 is 0 Å². The summed E-state index contributed by atoms with van der Waals surface area (Å²) >= 11 is 1.55. The molecule has 9 nitrogen and oxygen atoms in total. The molecule has 10 heteroatoms. The number of carbonyl (C=O) groups excluding carboxylic acids is 2. The van der Waals surface area contributed by atoms with E-state index in [1.54, 1.807) is 16.4 Å². The lowest BCUT2D eigenvalue weighted by Gasteiger charge is -2.34. The van der Waals surface area contributed by atoms with Crippen LogP contribution in [0.3, 0.4) is 0 Å². The minimum absolute atomic E-state index is 0.0147. The summed E-state index contributed by atoms with van der Waals surface area (Å²) in [6, 6.07) is 17.4. The molecule has 1 aliphatic rings. The highest BCUT2D eigenvalue weighted by Crippen LogP contribution is 2.27. The maximum absolute atomic E-state index is 13.3. The van der Waals surface area contributed by atoms with Crippen molar-refractivity contribution >= 4 is 23.6 Å². The Morgan fingerprint density at radius 3 is 2.50 bits per heavy atom. The van der Waals surface area contributed by atoms with Gasteiger partial charge in [0, 0.05) is 37.6 Å². The summed E-state index contributed by atoms with van der Waals surface area (Å²) in [6.07, 6.45) is 0.923. The first-order valence-electron chi connectivity index (χ1n) is 11.5. The van der Waals surface area contributed by atoms with E-state index >= 15 is 0 Å². The van der Waals surface area contributed by atoms with Crippen LogP contribution < -0.4 is 5.32 Å². The summed E-state index contributed by atoms with van der Waals surface area (Å²) in [5.41, 5.74) is 1.58. The SMILES string of the molecule is CCCNC(=O)CN1CCN(C(=O)c2ccccc2SCc2nnnn2-c2ccccc2)CC1. The van der Waals surface area contributed by atoms with E-state index < -0.39 is 0 Å². The van der Waals surface area contributed by atoms with Gasteiger partial charge in [0.2, 0.25) is 5.91 Å². The van der Waals surface area contributed by atoms with E-state index in [1.165, 1.54) is 0 Å². The maximum atomic E-state index is 13.3. The molecule has 4 rings (SSSR count). The zero-order valence-electron chi connectivity index (χ0n) is 19.3. The zero-order chi connectivity index (χ0) is 23.8. The van der Waals surface area contributed by atoms with Crippen LogP contribution in [0.5, 0.6) is 0 Å². The van der Waals surface area contributed by atoms with Crippen molar-refractivity contribution in [3.63, 3.8) is 0 Å². The van der Waals surface area contributed by atoms with Crippen LogP contribution in [0.15, 0.2) is 59.5 Å². The van der Waals surface area contributed by atoms with E-state index in [1.807, 2.05) is 66.4 Å². The van der Waals surface area contributed by atoms with Gasteiger partial charge in [0.25, 0.3) is 5.91 Å². The van der Waals surface area contributed by atoms with E-state index in [9.17, 15) is 9.59 Å². The number of nitrogens with zero attached hydrogens (tertiary/aromatic N) is 6. The molecular weight excluding hydrogens is 450 g/mol. The second-order valence-corrected chi connectivity index (χ2v) is 9.06. The molecular formula is C24H29N7O2S. The van der Waals surface area contributed by atoms with E-state index in [2.05, 4.69) is 25.7 Å². The van der Waals surface area contributed by atoms with Gasteiger partial charge in [0.05, 0.1) is 23.5 Å². The summed E-state index contributed by atoms with van der Waals surface area (Å²) < 4.78 is 1.72. The van der Waals surface area contributed by atoms with Crippen LogP contribution >= 0.6 is 11.8 Å².